The summed E-state index contributed by atoms with van der Waals surface area (Å²) in [7, 11) is -2.24. The van der Waals surface area contributed by atoms with Gasteiger partial charge in [-0.3, -0.25) is 9.59 Å². The molecule has 1 aromatic rings. The first kappa shape index (κ1) is 29.9. The van der Waals surface area contributed by atoms with E-state index in [9.17, 15) is 18.4 Å². The molecular formula is C28H40F2O5Si. The number of carboxylic acid groups (broad SMARTS) is 1. The number of rotatable bonds is 13. The second-order valence-corrected chi connectivity index (χ2v) is 15.7. The molecule has 8 heteroatoms. The van der Waals surface area contributed by atoms with Gasteiger partial charge in [-0.25, -0.2) is 0 Å². The van der Waals surface area contributed by atoms with Gasteiger partial charge in [0, 0.05) is 24.7 Å². The zero-order valence-electron chi connectivity index (χ0n) is 22.0. The van der Waals surface area contributed by atoms with Gasteiger partial charge < -0.3 is 14.3 Å². The number of aliphatic carboxylic acids is 1. The summed E-state index contributed by atoms with van der Waals surface area (Å²) >= 11 is 0. The molecule has 0 heterocycles. The number of carboxylic acids is 1. The van der Waals surface area contributed by atoms with Crippen LogP contribution in [0.4, 0.5) is 8.78 Å². The largest absolute Gasteiger partial charge is 0.487 e. The zero-order valence-corrected chi connectivity index (χ0v) is 23.0. The summed E-state index contributed by atoms with van der Waals surface area (Å²) in [6, 6.07) is 8.46. The Morgan fingerprint density at radius 2 is 1.83 bits per heavy atom. The van der Waals surface area contributed by atoms with E-state index in [-0.39, 0.29) is 23.7 Å². The highest BCUT2D eigenvalue weighted by Crippen LogP contribution is 2.43. The highest BCUT2D eigenvalue weighted by molar-refractivity contribution is 6.74. The Labute approximate surface area is 214 Å². The molecule has 2 rings (SSSR count). The van der Waals surface area contributed by atoms with E-state index in [1.807, 2.05) is 12.2 Å². The molecule has 5 nitrogen and oxygen atoms in total. The van der Waals surface area contributed by atoms with Crippen LogP contribution in [0.2, 0.25) is 18.1 Å². The van der Waals surface area contributed by atoms with E-state index >= 15 is 0 Å². The lowest BCUT2D eigenvalue weighted by atomic mass is 9.90. The maximum atomic E-state index is 14.7. The summed E-state index contributed by atoms with van der Waals surface area (Å²) in [6.07, 6.45) is 7.36. The van der Waals surface area contributed by atoms with Gasteiger partial charge in [0.05, 0.1) is 6.10 Å². The van der Waals surface area contributed by atoms with Crippen molar-refractivity contribution in [2.24, 2.45) is 11.8 Å². The summed E-state index contributed by atoms with van der Waals surface area (Å²) in [5, 5.41) is 8.68. The standard InChI is InChI=1S/C28H40F2O5Si/c1-27(2,3)36(4,5)35-25-19-24(31)22(15-11-6-7-12-16-26(32)33)23(25)17-18-28(29,30)20-34-21-13-9-8-10-14-21/h6,8-11,13-14,17-18,22-23,25H,7,12,15-16,19-20H2,1-5H3,(H,32,33)/b11-6-,18-17+/t22?,23-,25-/m1/s1. The molecule has 1 N–H and O–H groups in total. The summed E-state index contributed by atoms with van der Waals surface area (Å²) in [5.74, 6) is -4.61. The Balaban J connectivity index is 2.16. The topological polar surface area (TPSA) is 72.8 Å². The third-order valence-electron chi connectivity index (χ3n) is 7.02. The van der Waals surface area contributed by atoms with E-state index in [1.54, 1.807) is 30.3 Å². The van der Waals surface area contributed by atoms with Crippen LogP contribution >= 0.6 is 0 Å². The van der Waals surface area contributed by atoms with Gasteiger partial charge in [0.25, 0.3) is 5.92 Å². The van der Waals surface area contributed by atoms with E-state index in [0.717, 1.165) is 6.08 Å². The van der Waals surface area contributed by atoms with Crippen molar-refractivity contribution in [2.75, 3.05) is 6.61 Å². The fourth-order valence-corrected chi connectivity index (χ4v) is 5.26. The van der Waals surface area contributed by atoms with Gasteiger partial charge in [-0.2, -0.15) is 8.78 Å². The average molecular weight is 523 g/mol. The molecule has 200 valence electrons. The van der Waals surface area contributed by atoms with Gasteiger partial charge in [-0.05, 0) is 55.6 Å². The Morgan fingerprint density at radius 1 is 1.17 bits per heavy atom. The smallest absolute Gasteiger partial charge is 0.303 e. The number of ketones is 1. The highest BCUT2D eigenvalue weighted by Gasteiger charge is 2.47. The Bertz CT molecular complexity index is 922. The Morgan fingerprint density at radius 3 is 2.44 bits per heavy atom. The maximum Gasteiger partial charge on any atom is 0.303 e. The number of unbranched alkanes of at least 4 members (excludes halogenated alkanes) is 1. The second kappa shape index (κ2) is 12.8. The first-order valence-corrected chi connectivity index (χ1v) is 15.4. The van der Waals surface area contributed by atoms with Gasteiger partial charge in [-0.1, -0.05) is 57.2 Å². The summed E-state index contributed by atoms with van der Waals surface area (Å²) in [6.45, 7) is 9.70. The predicted molar refractivity (Wildman–Crippen MR) is 140 cm³/mol. The minimum Gasteiger partial charge on any atom is -0.487 e. The molecule has 0 spiro atoms. The van der Waals surface area contributed by atoms with E-state index in [1.165, 1.54) is 6.08 Å². The van der Waals surface area contributed by atoms with Crippen LogP contribution in [0.25, 0.3) is 0 Å². The van der Waals surface area contributed by atoms with Crippen LogP contribution in [0, 0.1) is 11.8 Å². The van der Waals surface area contributed by atoms with Gasteiger partial charge in [0.1, 0.15) is 11.5 Å². The van der Waals surface area contributed by atoms with Crippen LogP contribution in [0.3, 0.4) is 0 Å². The molecule has 0 saturated heterocycles. The number of halogens is 2. The van der Waals surface area contributed by atoms with Gasteiger partial charge in [0.2, 0.25) is 0 Å². The number of para-hydroxylation sites is 1. The second-order valence-electron chi connectivity index (χ2n) is 11.0. The fourth-order valence-electron chi connectivity index (χ4n) is 3.91. The van der Waals surface area contributed by atoms with E-state index in [4.69, 9.17) is 14.3 Å². The maximum absolute atomic E-state index is 14.7. The lowest BCUT2D eigenvalue weighted by Crippen LogP contribution is -2.45. The molecule has 1 saturated carbocycles. The first-order chi connectivity index (χ1) is 16.7. The number of Topliss-reactive ketones (excluding diaryl/α,β-unsaturated/α-hetero) is 1. The summed E-state index contributed by atoms with van der Waals surface area (Å²) < 4.78 is 41.2. The van der Waals surface area contributed by atoms with Crippen molar-refractivity contribution in [1.29, 1.82) is 0 Å². The minimum absolute atomic E-state index is 0.00685. The monoisotopic (exact) mass is 522 g/mol. The fraction of sp³-hybridized carbons (Fsp3) is 0.571. The Kier molecular flexibility index (Phi) is 10.6. The van der Waals surface area contributed by atoms with Gasteiger partial charge in [-0.15, -0.1) is 0 Å². The number of allylic oxidation sites excluding steroid dienone is 2. The molecule has 3 atom stereocenters. The van der Waals surface area contributed by atoms with Crippen molar-refractivity contribution in [2.45, 2.75) is 83.0 Å². The molecule has 1 aromatic carbocycles. The average Bonchev–Trinajstić information content (AvgIpc) is 3.06. The quantitative estimate of drug-likeness (QED) is 0.171. The summed E-state index contributed by atoms with van der Waals surface area (Å²) in [4.78, 5) is 23.6. The number of hydrogen-bond acceptors (Lipinski definition) is 4. The molecule has 1 unspecified atom stereocenters. The van der Waals surface area contributed by atoms with Crippen molar-refractivity contribution in [3.05, 3.63) is 54.6 Å². The van der Waals surface area contributed by atoms with Crippen LogP contribution in [-0.4, -0.2) is 43.8 Å². The summed E-state index contributed by atoms with van der Waals surface area (Å²) in [5.41, 5.74) is 0. The van der Waals surface area contributed by atoms with E-state index in [2.05, 4.69) is 33.9 Å². The van der Waals surface area contributed by atoms with Crippen molar-refractivity contribution in [1.82, 2.24) is 0 Å². The first-order valence-electron chi connectivity index (χ1n) is 12.5. The van der Waals surface area contributed by atoms with Crippen molar-refractivity contribution < 1.29 is 32.6 Å². The Hall–Kier alpha value is -2.32. The van der Waals surface area contributed by atoms with Crippen LogP contribution in [0.1, 0.15) is 52.9 Å². The van der Waals surface area contributed by atoms with Crippen molar-refractivity contribution in [3.8, 4) is 5.75 Å². The van der Waals surface area contributed by atoms with Crippen LogP contribution in [0.5, 0.6) is 5.75 Å². The molecule has 1 aliphatic rings. The number of carbonyl (C=O) groups excluding carboxylic acids is 1. The van der Waals surface area contributed by atoms with E-state index in [0.29, 0.717) is 25.0 Å². The van der Waals surface area contributed by atoms with Crippen LogP contribution < -0.4 is 4.74 Å². The van der Waals surface area contributed by atoms with Gasteiger partial charge >= 0.3 is 5.97 Å². The molecule has 0 bridgehead atoms. The highest BCUT2D eigenvalue weighted by atomic mass is 28.4. The lowest BCUT2D eigenvalue weighted by Gasteiger charge is -2.39. The van der Waals surface area contributed by atoms with E-state index < -0.39 is 44.8 Å². The third-order valence-corrected chi connectivity index (χ3v) is 11.5. The lowest BCUT2D eigenvalue weighted by molar-refractivity contribution is -0.137. The number of hydrogen-bond donors (Lipinski definition) is 1. The number of alkyl halides is 2. The minimum atomic E-state index is -3.21. The molecule has 1 aliphatic carbocycles. The molecule has 1 fully saturated rings. The SMILES string of the molecule is CC(C)(C)[Si](C)(C)O[C@@H]1CC(=O)C(C/C=C\CCCC(=O)O)[C@H]1/C=C/C(F)(F)COc1ccccc1. The van der Waals surface area contributed by atoms with Crippen molar-refractivity contribution >= 4 is 20.1 Å². The van der Waals surface area contributed by atoms with Crippen molar-refractivity contribution in [3.63, 3.8) is 0 Å². The number of carbonyl (C=O) groups is 2. The number of benzene rings is 1. The van der Waals surface area contributed by atoms with Crippen LogP contribution in [-0.2, 0) is 14.0 Å². The predicted octanol–water partition coefficient (Wildman–Crippen LogP) is 7.05. The van der Waals surface area contributed by atoms with Crippen LogP contribution in [0.15, 0.2) is 54.6 Å². The molecule has 0 amide bonds. The molecular weight excluding hydrogens is 482 g/mol. The molecule has 0 aromatic heterocycles. The van der Waals surface area contributed by atoms with Gasteiger partial charge in [0.15, 0.2) is 14.9 Å². The zero-order chi connectivity index (χ0) is 27.0. The molecule has 36 heavy (non-hydrogen) atoms. The third kappa shape index (κ3) is 9.28. The normalized spacial score (nSPS) is 21.5. The molecule has 0 aliphatic heterocycles. The number of ether oxygens (including phenoxy) is 1. The molecule has 0 radical (unpaired) electrons.